The maximum absolute atomic E-state index is 12.3. The van der Waals surface area contributed by atoms with Crippen LogP contribution in [0.4, 0.5) is 11.4 Å². The van der Waals surface area contributed by atoms with Gasteiger partial charge < -0.3 is 15.8 Å². The molecule has 0 fully saturated rings. The molecule has 2 aromatic rings. The Morgan fingerprint density at radius 2 is 2.10 bits per heavy atom. The van der Waals surface area contributed by atoms with Gasteiger partial charge >= 0.3 is 0 Å². The van der Waals surface area contributed by atoms with Gasteiger partial charge in [-0.1, -0.05) is 12.1 Å². The summed E-state index contributed by atoms with van der Waals surface area (Å²) in [5.74, 6) is 0.106. The number of aryl methyl sites for hydroxylation is 1. The number of carbonyl (C=O) groups excluding carboxylic acids is 1. The SMILES string of the molecule is COc1cccc(C(=O)Nc2cc(C#N)ccc2C)c1N. The lowest BCUT2D eigenvalue weighted by atomic mass is 10.1. The van der Waals surface area contributed by atoms with Crippen LogP contribution >= 0.6 is 0 Å². The lowest BCUT2D eigenvalue weighted by Gasteiger charge is -2.12. The highest BCUT2D eigenvalue weighted by Crippen LogP contribution is 2.26. The van der Waals surface area contributed by atoms with Crippen molar-refractivity contribution in [3.05, 3.63) is 53.1 Å². The number of hydrogen-bond acceptors (Lipinski definition) is 4. The standard InChI is InChI=1S/C16H15N3O2/c1-10-6-7-11(9-17)8-13(10)19-16(20)12-4-3-5-14(21-2)15(12)18/h3-8H,18H2,1-2H3,(H,19,20). The summed E-state index contributed by atoms with van der Waals surface area (Å²) in [5, 5.41) is 11.7. The van der Waals surface area contributed by atoms with Crippen molar-refractivity contribution in [1.82, 2.24) is 0 Å². The molecule has 21 heavy (non-hydrogen) atoms. The van der Waals surface area contributed by atoms with E-state index < -0.39 is 0 Å². The number of nitrogen functional groups attached to an aromatic ring is 1. The predicted molar refractivity (Wildman–Crippen MR) is 81.3 cm³/mol. The van der Waals surface area contributed by atoms with Crippen LogP contribution in [0.5, 0.6) is 5.75 Å². The van der Waals surface area contributed by atoms with E-state index in [0.29, 0.717) is 22.6 Å². The molecule has 106 valence electrons. The molecule has 1 amide bonds. The van der Waals surface area contributed by atoms with Crippen molar-refractivity contribution in [1.29, 1.82) is 5.26 Å². The third kappa shape index (κ3) is 2.95. The summed E-state index contributed by atoms with van der Waals surface area (Å²) >= 11 is 0. The molecule has 2 rings (SSSR count). The second-order valence-electron chi connectivity index (χ2n) is 4.52. The monoisotopic (exact) mass is 281 g/mol. The van der Waals surface area contributed by atoms with Crippen LogP contribution in [0.15, 0.2) is 36.4 Å². The van der Waals surface area contributed by atoms with Gasteiger partial charge in [0.05, 0.1) is 30.0 Å². The molecule has 5 nitrogen and oxygen atoms in total. The van der Waals surface area contributed by atoms with Crippen molar-refractivity contribution < 1.29 is 9.53 Å². The zero-order valence-corrected chi connectivity index (χ0v) is 11.8. The Hall–Kier alpha value is -3.00. The zero-order chi connectivity index (χ0) is 15.4. The first-order valence-corrected chi connectivity index (χ1v) is 6.31. The van der Waals surface area contributed by atoms with Gasteiger partial charge in [-0.15, -0.1) is 0 Å². The molecular weight excluding hydrogens is 266 g/mol. The first-order valence-electron chi connectivity index (χ1n) is 6.31. The Labute approximate surface area is 123 Å². The molecule has 0 spiro atoms. The van der Waals surface area contributed by atoms with E-state index in [0.717, 1.165) is 5.56 Å². The molecular formula is C16H15N3O2. The van der Waals surface area contributed by atoms with Crippen LogP contribution < -0.4 is 15.8 Å². The van der Waals surface area contributed by atoms with Crippen LogP contribution in [0.3, 0.4) is 0 Å². The second kappa shape index (κ2) is 5.97. The van der Waals surface area contributed by atoms with Gasteiger partial charge in [-0.25, -0.2) is 0 Å². The lowest BCUT2D eigenvalue weighted by molar-refractivity contribution is 0.102. The number of nitrogens with two attached hydrogens (primary N) is 1. The van der Waals surface area contributed by atoms with E-state index in [4.69, 9.17) is 15.7 Å². The maximum Gasteiger partial charge on any atom is 0.257 e. The third-order valence-electron chi connectivity index (χ3n) is 3.15. The van der Waals surface area contributed by atoms with E-state index in [9.17, 15) is 4.79 Å². The normalized spacial score (nSPS) is 9.76. The quantitative estimate of drug-likeness (QED) is 0.847. The number of amides is 1. The lowest BCUT2D eigenvalue weighted by Crippen LogP contribution is -2.15. The number of hydrogen-bond donors (Lipinski definition) is 2. The summed E-state index contributed by atoms with van der Waals surface area (Å²) in [6.07, 6.45) is 0. The van der Waals surface area contributed by atoms with Gasteiger partial charge in [-0.2, -0.15) is 5.26 Å². The van der Waals surface area contributed by atoms with Gasteiger partial charge in [0.25, 0.3) is 5.91 Å². The van der Waals surface area contributed by atoms with Gasteiger partial charge in [0.2, 0.25) is 0 Å². The fourth-order valence-electron chi connectivity index (χ4n) is 1.94. The molecule has 0 aromatic heterocycles. The van der Waals surface area contributed by atoms with E-state index >= 15 is 0 Å². The number of methoxy groups -OCH3 is 1. The van der Waals surface area contributed by atoms with Crippen LogP contribution in [0, 0.1) is 18.3 Å². The smallest absolute Gasteiger partial charge is 0.257 e. The van der Waals surface area contributed by atoms with Crippen molar-refractivity contribution in [2.24, 2.45) is 0 Å². The molecule has 0 atom stereocenters. The molecule has 5 heteroatoms. The largest absolute Gasteiger partial charge is 0.495 e. The van der Waals surface area contributed by atoms with Crippen LogP contribution in [0.25, 0.3) is 0 Å². The van der Waals surface area contributed by atoms with Gasteiger partial charge in [0.1, 0.15) is 5.75 Å². The summed E-state index contributed by atoms with van der Waals surface area (Å²) < 4.78 is 5.10. The van der Waals surface area contributed by atoms with E-state index in [2.05, 4.69) is 5.32 Å². The van der Waals surface area contributed by atoms with Crippen LogP contribution in [0.2, 0.25) is 0 Å². The molecule has 0 aliphatic carbocycles. The zero-order valence-electron chi connectivity index (χ0n) is 11.8. The van der Waals surface area contributed by atoms with Crippen molar-refractivity contribution in [2.75, 3.05) is 18.2 Å². The highest BCUT2D eigenvalue weighted by atomic mass is 16.5. The van der Waals surface area contributed by atoms with Crippen molar-refractivity contribution in [3.8, 4) is 11.8 Å². The molecule has 0 heterocycles. The Morgan fingerprint density at radius 1 is 1.33 bits per heavy atom. The third-order valence-corrected chi connectivity index (χ3v) is 3.15. The van der Waals surface area contributed by atoms with E-state index in [-0.39, 0.29) is 11.6 Å². The summed E-state index contributed by atoms with van der Waals surface area (Å²) in [4.78, 5) is 12.3. The van der Waals surface area contributed by atoms with Crippen molar-refractivity contribution in [2.45, 2.75) is 6.92 Å². The molecule has 0 saturated heterocycles. The molecule has 0 aliphatic heterocycles. The molecule has 0 radical (unpaired) electrons. The average Bonchev–Trinajstić information content (AvgIpc) is 2.49. The van der Waals surface area contributed by atoms with Gasteiger partial charge in [0, 0.05) is 5.69 Å². The predicted octanol–water partition coefficient (Wildman–Crippen LogP) is 2.71. The molecule has 0 saturated carbocycles. The van der Waals surface area contributed by atoms with E-state index in [1.165, 1.54) is 7.11 Å². The first-order chi connectivity index (χ1) is 10.1. The Bertz CT molecular complexity index is 733. The number of benzene rings is 2. The van der Waals surface area contributed by atoms with Gasteiger partial charge in [0.15, 0.2) is 0 Å². The van der Waals surface area contributed by atoms with Crippen LogP contribution in [-0.4, -0.2) is 13.0 Å². The van der Waals surface area contributed by atoms with Crippen LogP contribution in [-0.2, 0) is 0 Å². The minimum Gasteiger partial charge on any atom is -0.495 e. The first kappa shape index (κ1) is 14.4. The summed E-state index contributed by atoms with van der Waals surface area (Å²) in [5.41, 5.74) is 8.45. The number of para-hydroxylation sites is 1. The van der Waals surface area contributed by atoms with Gasteiger partial charge in [-0.3, -0.25) is 4.79 Å². The number of nitriles is 1. The van der Waals surface area contributed by atoms with Crippen molar-refractivity contribution >= 4 is 17.3 Å². The molecule has 0 aliphatic rings. The highest BCUT2D eigenvalue weighted by Gasteiger charge is 2.14. The summed E-state index contributed by atoms with van der Waals surface area (Å²) in [7, 11) is 1.49. The van der Waals surface area contributed by atoms with Crippen molar-refractivity contribution in [3.63, 3.8) is 0 Å². The van der Waals surface area contributed by atoms with Gasteiger partial charge in [-0.05, 0) is 36.8 Å². The fraction of sp³-hybridized carbons (Fsp3) is 0.125. The molecule has 0 unspecified atom stereocenters. The Morgan fingerprint density at radius 3 is 2.76 bits per heavy atom. The minimum atomic E-state index is -0.343. The molecule has 0 bridgehead atoms. The Kier molecular flexibility index (Phi) is 4.10. The van der Waals surface area contributed by atoms with E-state index in [1.54, 1.807) is 36.4 Å². The topological polar surface area (TPSA) is 88.1 Å². The second-order valence-corrected chi connectivity index (χ2v) is 4.52. The molecule has 3 N–H and O–H groups in total. The number of nitrogens with zero attached hydrogens (tertiary/aromatic N) is 1. The average molecular weight is 281 g/mol. The Balaban J connectivity index is 2.33. The summed E-state index contributed by atoms with van der Waals surface area (Å²) in [6.45, 7) is 1.85. The maximum atomic E-state index is 12.3. The molecule has 2 aromatic carbocycles. The van der Waals surface area contributed by atoms with E-state index in [1.807, 2.05) is 13.0 Å². The number of carbonyl (C=O) groups is 1. The number of ether oxygens (including phenoxy) is 1. The fourth-order valence-corrected chi connectivity index (χ4v) is 1.94. The minimum absolute atomic E-state index is 0.284. The summed E-state index contributed by atoms with van der Waals surface area (Å²) in [6, 6.07) is 12.2. The number of nitrogens with one attached hydrogen (secondary N) is 1. The highest BCUT2D eigenvalue weighted by molar-refractivity contribution is 6.08. The van der Waals surface area contributed by atoms with Crippen LogP contribution in [0.1, 0.15) is 21.5 Å². The number of anilines is 2. The number of rotatable bonds is 3.